The van der Waals surface area contributed by atoms with Crippen LogP contribution in [-0.4, -0.2) is 19.6 Å². The number of benzene rings is 1. The lowest BCUT2D eigenvalue weighted by atomic mass is 10.3. The monoisotopic (exact) mass is 307 g/mol. The summed E-state index contributed by atoms with van der Waals surface area (Å²) in [5.74, 6) is -0.245. The largest absolute Gasteiger partial charge is 0.322 e. The summed E-state index contributed by atoms with van der Waals surface area (Å²) >= 11 is 0. The van der Waals surface area contributed by atoms with Gasteiger partial charge in [-0.25, -0.2) is 8.42 Å². The standard InChI is InChI=1S/C16H21NO3S/c1-12(2)10-16(18)17-13-6-5-9-15(11-13)21(19,20)14-7-3-4-8-14/h5-6,9-11,14H,3-4,7-8H2,1-2H3,(H,17,18). The molecular formula is C16H21NO3S. The van der Waals surface area contributed by atoms with Crippen molar-refractivity contribution in [3.8, 4) is 0 Å². The second kappa shape index (κ2) is 6.43. The SMILES string of the molecule is CC(C)=CC(=O)Nc1cccc(S(=O)(=O)C2CCCC2)c1. The predicted octanol–water partition coefficient (Wildman–Crippen LogP) is 3.31. The van der Waals surface area contributed by atoms with Crippen molar-refractivity contribution in [3.05, 3.63) is 35.9 Å². The van der Waals surface area contributed by atoms with Crippen molar-refractivity contribution in [2.45, 2.75) is 49.7 Å². The van der Waals surface area contributed by atoms with Gasteiger partial charge < -0.3 is 5.32 Å². The number of sulfone groups is 1. The third-order valence-corrected chi connectivity index (χ3v) is 5.85. The van der Waals surface area contributed by atoms with Crippen molar-refractivity contribution in [3.63, 3.8) is 0 Å². The normalized spacial score (nSPS) is 15.7. The molecule has 5 heteroatoms. The Morgan fingerprint density at radius 1 is 1.24 bits per heavy atom. The molecule has 4 nitrogen and oxygen atoms in total. The van der Waals surface area contributed by atoms with Crippen LogP contribution in [0.2, 0.25) is 0 Å². The highest BCUT2D eigenvalue weighted by molar-refractivity contribution is 7.92. The minimum absolute atomic E-state index is 0.245. The van der Waals surface area contributed by atoms with Crippen LogP contribution in [0.1, 0.15) is 39.5 Å². The second-order valence-electron chi connectivity index (χ2n) is 5.69. The van der Waals surface area contributed by atoms with E-state index < -0.39 is 9.84 Å². The molecule has 21 heavy (non-hydrogen) atoms. The quantitative estimate of drug-likeness (QED) is 0.868. The Balaban J connectivity index is 2.21. The van der Waals surface area contributed by atoms with Crippen LogP contribution in [-0.2, 0) is 14.6 Å². The van der Waals surface area contributed by atoms with E-state index in [9.17, 15) is 13.2 Å². The van der Waals surface area contributed by atoms with Crippen LogP contribution in [0.15, 0.2) is 40.8 Å². The van der Waals surface area contributed by atoms with Crippen molar-refractivity contribution in [1.29, 1.82) is 0 Å². The Bertz CT molecular complexity index is 652. The molecule has 0 unspecified atom stereocenters. The zero-order valence-electron chi connectivity index (χ0n) is 12.4. The summed E-state index contributed by atoms with van der Waals surface area (Å²) in [6, 6.07) is 6.51. The van der Waals surface area contributed by atoms with E-state index in [2.05, 4.69) is 5.32 Å². The summed E-state index contributed by atoms with van der Waals surface area (Å²) in [4.78, 5) is 12.0. The maximum absolute atomic E-state index is 12.5. The maximum Gasteiger partial charge on any atom is 0.248 e. The molecular weight excluding hydrogens is 286 g/mol. The zero-order chi connectivity index (χ0) is 15.5. The molecule has 0 atom stereocenters. The van der Waals surface area contributed by atoms with Crippen LogP contribution < -0.4 is 5.32 Å². The second-order valence-corrected chi connectivity index (χ2v) is 7.92. The van der Waals surface area contributed by atoms with Crippen molar-refractivity contribution in [2.24, 2.45) is 0 Å². The number of nitrogens with one attached hydrogen (secondary N) is 1. The first-order valence-electron chi connectivity index (χ1n) is 7.19. The van der Waals surface area contributed by atoms with Crippen molar-refractivity contribution in [2.75, 3.05) is 5.32 Å². The fraction of sp³-hybridized carbons (Fsp3) is 0.438. The smallest absolute Gasteiger partial charge is 0.248 e. The number of rotatable bonds is 4. The molecule has 1 aromatic rings. The minimum Gasteiger partial charge on any atom is -0.322 e. The molecule has 0 heterocycles. The molecule has 0 bridgehead atoms. The Morgan fingerprint density at radius 2 is 1.90 bits per heavy atom. The number of carbonyl (C=O) groups is 1. The molecule has 1 aliphatic rings. The van der Waals surface area contributed by atoms with Gasteiger partial charge in [0.1, 0.15) is 0 Å². The van der Waals surface area contributed by atoms with E-state index in [1.807, 2.05) is 13.8 Å². The molecule has 2 rings (SSSR count). The fourth-order valence-electron chi connectivity index (χ4n) is 2.58. The van der Waals surface area contributed by atoms with Gasteiger partial charge in [0.2, 0.25) is 5.91 Å². The first-order chi connectivity index (χ1) is 9.89. The Kier molecular flexibility index (Phi) is 4.83. The van der Waals surface area contributed by atoms with Gasteiger partial charge in [-0.2, -0.15) is 0 Å². The highest BCUT2D eigenvalue weighted by atomic mass is 32.2. The third kappa shape index (κ3) is 3.94. The number of hydrogen-bond donors (Lipinski definition) is 1. The van der Waals surface area contributed by atoms with Crippen LogP contribution in [0.3, 0.4) is 0 Å². The highest BCUT2D eigenvalue weighted by Gasteiger charge is 2.30. The lowest BCUT2D eigenvalue weighted by Gasteiger charge is -2.12. The van der Waals surface area contributed by atoms with E-state index >= 15 is 0 Å². The Hall–Kier alpha value is -1.62. The van der Waals surface area contributed by atoms with Gasteiger partial charge in [-0.05, 0) is 44.9 Å². The van der Waals surface area contributed by atoms with Crippen LogP contribution >= 0.6 is 0 Å². The van der Waals surface area contributed by atoms with Gasteiger partial charge >= 0.3 is 0 Å². The highest BCUT2D eigenvalue weighted by Crippen LogP contribution is 2.30. The van der Waals surface area contributed by atoms with Gasteiger partial charge in [-0.3, -0.25) is 4.79 Å². The van der Waals surface area contributed by atoms with E-state index in [0.717, 1.165) is 31.3 Å². The zero-order valence-corrected chi connectivity index (χ0v) is 13.2. The summed E-state index contributed by atoms with van der Waals surface area (Å²) in [6.07, 6.45) is 4.90. The van der Waals surface area contributed by atoms with Gasteiger partial charge in [0.15, 0.2) is 9.84 Å². The Morgan fingerprint density at radius 3 is 2.52 bits per heavy atom. The van der Waals surface area contributed by atoms with Gasteiger partial charge in [-0.15, -0.1) is 0 Å². The van der Waals surface area contributed by atoms with Crippen molar-refractivity contribution >= 4 is 21.4 Å². The molecule has 0 spiro atoms. The number of allylic oxidation sites excluding steroid dienone is 1. The van der Waals surface area contributed by atoms with E-state index in [1.54, 1.807) is 24.3 Å². The summed E-state index contributed by atoms with van der Waals surface area (Å²) in [5, 5.41) is 2.42. The first-order valence-corrected chi connectivity index (χ1v) is 8.74. The number of amides is 1. The van der Waals surface area contributed by atoms with Gasteiger partial charge in [0.05, 0.1) is 10.1 Å². The van der Waals surface area contributed by atoms with Crippen molar-refractivity contribution < 1.29 is 13.2 Å². The van der Waals surface area contributed by atoms with Crippen molar-refractivity contribution in [1.82, 2.24) is 0 Å². The molecule has 1 fully saturated rings. The first kappa shape index (κ1) is 15.8. The van der Waals surface area contributed by atoms with Crippen LogP contribution in [0, 0.1) is 0 Å². The fourth-order valence-corrected chi connectivity index (χ4v) is 4.48. The van der Waals surface area contributed by atoms with Crippen LogP contribution in [0.5, 0.6) is 0 Å². The molecule has 114 valence electrons. The molecule has 1 N–H and O–H groups in total. The third-order valence-electron chi connectivity index (χ3n) is 3.59. The maximum atomic E-state index is 12.5. The van der Waals surface area contributed by atoms with Gasteiger partial charge in [0.25, 0.3) is 0 Å². The van der Waals surface area contributed by atoms with Gasteiger partial charge in [0, 0.05) is 11.8 Å². The lowest BCUT2D eigenvalue weighted by Crippen LogP contribution is -2.18. The summed E-state index contributed by atoms with van der Waals surface area (Å²) < 4.78 is 25.1. The van der Waals surface area contributed by atoms with E-state index in [0.29, 0.717) is 10.6 Å². The summed E-state index contributed by atoms with van der Waals surface area (Å²) in [7, 11) is -3.29. The molecule has 0 aliphatic heterocycles. The average molecular weight is 307 g/mol. The lowest BCUT2D eigenvalue weighted by molar-refractivity contribution is -0.111. The number of hydrogen-bond acceptors (Lipinski definition) is 3. The molecule has 1 aliphatic carbocycles. The van der Waals surface area contributed by atoms with Crippen LogP contribution in [0.25, 0.3) is 0 Å². The molecule has 0 radical (unpaired) electrons. The van der Waals surface area contributed by atoms with Crippen LogP contribution in [0.4, 0.5) is 5.69 Å². The predicted molar refractivity (Wildman–Crippen MR) is 83.9 cm³/mol. The van der Waals surface area contributed by atoms with E-state index in [4.69, 9.17) is 0 Å². The number of carbonyl (C=O) groups excluding carboxylic acids is 1. The number of anilines is 1. The average Bonchev–Trinajstić information content (AvgIpc) is 2.92. The molecule has 1 saturated carbocycles. The van der Waals surface area contributed by atoms with Gasteiger partial charge in [-0.1, -0.05) is 24.5 Å². The summed E-state index contributed by atoms with van der Waals surface area (Å²) in [5.41, 5.74) is 1.40. The molecule has 1 amide bonds. The molecule has 1 aromatic carbocycles. The Labute approximate surface area is 126 Å². The minimum atomic E-state index is -3.29. The van der Waals surface area contributed by atoms with E-state index in [1.165, 1.54) is 6.08 Å². The van der Waals surface area contributed by atoms with E-state index in [-0.39, 0.29) is 11.2 Å². The summed E-state index contributed by atoms with van der Waals surface area (Å²) in [6.45, 7) is 3.67. The molecule has 0 saturated heterocycles. The molecule has 0 aromatic heterocycles. The topological polar surface area (TPSA) is 63.2 Å².